The molecule has 0 N–H and O–H groups in total. The van der Waals surface area contributed by atoms with Gasteiger partial charge in [0.05, 0.1) is 0 Å². The van der Waals surface area contributed by atoms with E-state index >= 15 is 0 Å². The Morgan fingerprint density at radius 2 is 1.47 bits per heavy atom. The molecule has 1 rings (SSSR count). The first-order chi connectivity index (χ1) is 7.57. The third-order valence-corrected chi connectivity index (χ3v) is 3.94. The van der Waals surface area contributed by atoms with E-state index in [9.17, 15) is 0 Å². The number of alkyl halides is 1. The second-order valence-corrected chi connectivity index (χ2v) is 7.50. The number of halogens is 1. The molecule has 0 radical (unpaired) electrons. The molecule has 0 nitrogen and oxygen atoms in total. The molecule has 0 aliphatic heterocycles. The molecule has 0 aromatic heterocycles. The van der Waals surface area contributed by atoms with Crippen LogP contribution in [0.15, 0.2) is 12.1 Å². The average Bonchev–Trinajstić information content (AvgIpc) is 2.14. The van der Waals surface area contributed by atoms with Crippen LogP contribution in [0.3, 0.4) is 0 Å². The van der Waals surface area contributed by atoms with E-state index in [4.69, 9.17) is 0 Å². The molecule has 0 atom stereocenters. The lowest BCUT2D eigenvalue weighted by atomic mass is 9.77. The van der Waals surface area contributed by atoms with Gasteiger partial charge in [-0.05, 0) is 40.0 Å². The van der Waals surface area contributed by atoms with Crippen molar-refractivity contribution in [2.45, 2.75) is 64.6 Å². The van der Waals surface area contributed by atoms with Gasteiger partial charge < -0.3 is 0 Å². The summed E-state index contributed by atoms with van der Waals surface area (Å²) in [7, 11) is 0. The summed E-state index contributed by atoms with van der Waals surface area (Å²) in [6, 6.07) is 4.74. The van der Waals surface area contributed by atoms with Gasteiger partial charge in [-0.3, -0.25) is 0 Å². The van der Waals surface area contributed by atoms with Gasteiger partial charge in [0.2, 0.25) is 0 Å². The summed E-state index contributed by atoms with van der Waals surface area (Å²) in [4.78, 5) is 0. The Bertz CT molecular complexity index is 403. The zero-order valence-corrected chi connectivity index (χ0v) is 13.8. The largest absolute Gasteiger partial charge is 0.0876 e. The standard InChI is InChI=1S/C16H25Br/c1-11-12(10-17)8-13(15(2,3)4)9-14(11)16(5,6)7/h8-9H,10H2,1-7H3. The van der Waals surface area contributed by atoms with Gasteiger partial charge in [0.15, 0.2) is 0 Å². The van der Waals surface area contributed by atoms with Gasteiger partial charge in [0.25, 0.3) is 0 Å². The predicted molar refractivity (Wildman–Crippen MR) is 81.2 cm³/mol. The lowest BCUT2D eigenvalue weighted by Gasteiger charge is -2.28. The molecule has 0 aliphatic rings. The molecule has 0 fully saturated rings. The third kappa shape index (κ3) is 3.34. The number of rotatable bonds is 1. The van der Waals surface area contributed by atoms with Gasteiger partial charge in [-0.15, -0.1) is 0 Å². The molecule has 0 saturated heterocycles. The summed E-state index contributed by atoms with van der Waals surface area (Å²) in [5, 5.41) is 0.936. The SMILES string of the molecule is Cc1c(CBr)cc(C(C)(C)C)cc1C(C)(C)C. The van der Waals surface area contributed by atoms with Crippen LogP contribution in [-0.4, -0.2) is 0 Å². The Labute approximate surface area is 115 Å². The summed E-state index contributed by atoms with van der Waals surface area (Å²) in [6.45, 7) is 16.0. The maximum Gasteiger partial charge on any atom is 0.0285 e. The van der Waals surface area contributed by atoms with Crippen molar-refractivity contribution in [2.24, 2.45) is 0 Å². The second kappa shape index (κ2) is 4.76. The highest BCUT2D eigenvalue weighted by Gasteiger charge is 2.22. The molecule has 0 spiro atoms. The van der Waals surface area contributed by atoms with Crippen LogP contribution in [0.5, 0.6) is 0 Å². The van der Waals surface area contributed by atoms with Crippen molar-refractivity contribution in [3.8, 4) is 0 Å². The molecule has 0 amide bonds. The van der Waals surface area contributed by atoms with Crippen LogP contribution in [0, 0.1) is 6.92 Å². The molecule has 0 bridgehead atoms. The number of hydrogen-bond acceptors (Lipinski definition) is 0. The fraction of sp³-hybridized carbons (Fsp3) is 0.625. The Morgan fingerprint density at radius 1 is 0.941 bits per heavy atom. The summed E-state index contributed by atoms with van der Waals surface area (Å²) >= 11 is 3.61. The molecule has 0 unspecified atom stereocenters. The van der Waals surface area contributed by atoms with Crippen molar-refractivity contribution in [2.75, 3.05) is 0 Å². The van der Waals surface area contributed by atoms with E-state index in [1.807, 2.05) is 0 Å². The number of hydrogen-bond donors (Lipinski definition) is 0. The van der Waals surface area contributed by atoms with Crippen molar-refractivity contribution in [1.82, 2.24) is 0 Å². The number of benzene rings is 1. The normalized spacial score (nSPS) is 12.9. The van der Waals surface area contributed by atoms with E-state index in [1.165, 1.54) is 22.3 Å². The highest BCUT2D eigenvalue weighted by molar-refractivity contribution is 9.08. The first kappa shape index (κ1) is 14.8. The van der Waals surface area contributed by atoms with E-state index < -0.39 is 0 Å². The van der Waals surface area contributed by atoms with Crippen LogP contribution in [0.4, 0.5) is 0 Å². The van der Waals surface area contributed by atoms with Crippen molar-refractivity contribution >= 4 is 15.9 Å². The third-order valence-electron chi connectivity index (χ3n) is 3.33. The van der Waals surface area contributed by atoms with E-state index in [1.54, 1.807) is 0 Å². The van der Waals surface area contributed by atoms with Crippen molar-refractivity contribution < 1.29 is 0 Å². The van der Waals surface area contributed by atoms with E-state index in [-0.39, 0.29) is 10.8 Å². The quantitative estimate of drug-likeness (QED) is 0.602. The van der Waals surface area contributed by atoms with Gasteiger partial charge >= 0.3 is 0 Å². The monoisotopic (exact) mass is 296 g/mol. The van der Waals surface area contributed by atoms with Crippen LogP contribution < -0.4 is 0 Å². The Morgan fingerprint density at radius 3 is 1.82 bits per heavy atom. The zero-order valence-electron chi connectivity index (χ0n) is 12.2. The Hall–Kier alpha value is -0.300. The van der Waals surface area contributed by atoms with Gasteiger partial charge in [0.1, 0.15) is 0 Å². The van der Waals surface area contributed by atoms with Crippen LogP contribution >= 0.6 is 15.9 Å². The molecule has 1 aromatic rings. The summed E-state index contributed by atoms with van der Waals surface area (Å²) in [5.41, 5.74) is 6.18. The maximum atomic E-state index is 3.61. The fourth-order valence-corrected chi connectivity index (χ4v) is 2.71. The van der Waals surface area contributed by atoms with Gasteiger partial charge in [0, 0.05) is 5.33 Å². The highest BCUT2D eigenvalue weighted by Crippen LogP contribution is 2.33. The first-order valence-electron chi connectivity index (χ1n) is 6.28. The molecular weight excluding hydrogens is 272 g/mol. The highest BCUT2D eigenvalue weighted by atomic mass is 79.9. The Kier molecular flexibility index (Phi) is 4.13. The van der Waals surface area contributed by atoms with Crippen LogP contribution in [0.2, 0.25) is 0 Å². The molecule has 1 heteroatoms. The molecule has 1 aromatic carbocycles. The lowest BCUT2D eigenvalue weighted by Crippen LogP contribution is -2.18. The maximum absolute atomic E-state index is 3.61. The first-order valence-corrected chi connectivity index (χ1v) is 7.40. The predicted octanol–water partition coefficient (Wildman–Crippen LogP) is 5.48. The van der Waals surface area contributed by atoms with E-state index in [0.717, 1.165) is 5.33 Å². The van der Waals surface area contributed by atoms with Crippen molar-refractivity contribution in [1.29, 1.82) is 0 Å². The Balaban J connectivity index is 3.50. The minimum absolute atomic E-state index is 0.211. The van der Waals surface area contributed by atoms with Gasteiger partial charge in [-0.1, -0.05) is 69.6 Å². The molecule has 17 heavy (non-hydrogen) atoms. The fourth-order valence-electron chi connectivity index (χ4n) is 2.13. The van der Waals surface area contributed by atoms with Gasteiger partial charge in [-0.2, -0.15) is 0 Å². The molecule has 0 saturated carbocycles. The van der Waals surface area contributed by atoms with Crippen molar-refractivity contribution in [3.05, 3.63) is 34.4 Å². The summed E-state index contributed by atoms with van der Waals surface area (Å²) in [6.07, 6.45) is 0. The molecule has 96 valence electrons. The van der Waals surface area contributed by atoms with E-state index in [2.05, 4.69) is 76.5 Å². The molecular formula is C16H25Br. The molecule has 0 heterocycles. The summed E-state index contributed by atoms with van der Waals surface area (Å²) in [5.74, 6) is 0. The van der Waals surface area contributed by atoms with Crippen LogP contribution in [0.25, 0.3) is 0 Å². The van der Waals surface area contributed by atoms with Crippen LogP contribution in [-0.2, 0) is 16.2 Å². The minimum atomic E-state index is 0.211. The summed E-state index contributed by atoms with van der Waals surface area (Å²) < 4.78 is 0. The van der Waals surface area contributed by atoms with E-state index in [0.29, 0.717) is 0 Å². The average molecular weight is 297 g/mol. The smallest absolute Gasteiger partial charge is 0.0285 e. The van der Waals surface area contributed by atoms with Crippen molar-refractivity contribution in [3.63, 3.8) is 0 Å². The van der Waals surface area contributed by atoms with Crippen LogP contribution in [0.1, 0.15) is 63.8 Å². The topological polar surface area (TPSA) is 0 Å². The second-order valence-electron chi connectivity index (χ2n) is 6.94. The van der Waals surface area contributed by atoms with Gasteiger partial charge in [-0.25, -0.2) is 0 Å². The minimum Gasteiger partial charge on any atom is -0.0876 e. The lowest BCUT2D eigenvalue weighted by molar-refractivity contribution is 0.564. The zero-order chi connectivity index (χ0) is 13.4. The molecule has 0 aliphatic carbocycles.